The van der Waals surface area contributed by atoms with Crippen molar-refractivity contribution in [1.82, 2.24) is 15.5 Å². The van der Waals surface area contributed by atoms with Crippen LogP contribution < -0.4 is 5.32 Å². The van der Waals surface area contributed by atoms with Gasteiger partial charge in [-0.25, -0.2) is 0 Å². The highest BCUT2D eigenvalue weighted by Gasteiger charge is 2.14. The van der Waals surface area contributed by atoms with Gasteiger partial charge in [0.05, 0.1) is 18.1 Å². The molecular formula is C14H13N3O3S2. The van der Waals surface area contributed by atoms with Gasteiger partial charge in [0, 0.05) is 4.88 Å². The second-order valence-corrected chi connectivity index (χ2v) is 6.35. The number of thiophene rings is 1. The molecule has 0 aliphatic rings. The van der Waals surface area contributed by atoms with E-state index in [0.717, 1.165) is 4.88 Å². The number of amides is 1. The lowest BCUT2D eigenvalue weighted by Crippen LogP contribution is -2.27. The van der Waals surface area contributed by atoms with E-state index < -0.39 is 0 Å². The summed E-state index contributed by atoms with van der Waals surface area (Å²) in [6, 6.07) is 7.43. The molecular weight excluding hydrogens is 322 g/mol. The minimum atomic E-state index is -0.0800. The molecule has 0 radical (unpaired) electrons. The van der Waals surface area contributed by atoms with Crippen molar-refractivity contribution in [2.75, 3.05) is 5.75 Å². The molecule has 0 aliphatic carbocycles. The SMILES string of the molecule is CC(NC(=O)CSc1nnc(-c2ccco2)o1)c1cccs1. The summed E-state index contributed by atoms with van der Waals surface area (Å²) in [5, 5.41) is 13.0. The summed E-state index contributed by atoms with van der Waals surface area (Å²) in [5.41, 5.74) is 0. The van der Waals surface area contributed by atoms with Crippen molar-refractivity contribution in [2.45, 2.75) is 18.2 Å². The number of thioether (sulfide) groups is 1. The van der Waals surface area contributed by atoms with Gasteiger partial charge in [-0.15, -0.1) is 21.5 Å². The van der Waals surface area contributed by atoms with Crippen LogP contribution in [0.25, 0.3) is 11.7 Å². The van der Waals surface area contributed by atoms with Gasteiger partial charge < -0.3 is 14.2 Å². The minimum Gasteiger partial charge on any atom is -0.459 e. The smallest absolute Gasteiger partial charge is 0.284 e. The molecule has 0 aromatic carbocycles. The Morgan fingerprint density at radius 2 is 2.32 bits per heavy atom. The molecule has 0 saturated carbocycles. The van der Waals surface area contributed by atoms with Gasteiger partial charge in [-0.2, -0.15) is 0 Å². The first-order valence-corrected chi connectivity index (χ1v) is 8.42. The number of nitrogens with one attached hydrogen (secondary N) is 1. The van der Waals surface area contributed by atoms with Crippen LogP contribution in [-0.4, -0.2) is 21.9 Å². The second kappa shape index (κ2) is 6.80. The highest BCUT2D eigenvalue weighted by Crippen LogP contribution is 2.23. The molecule has 0 bridgehead atoms. The van der Waals surface area contributed by atoms with Crippen LogP contribution in [0.15, 0.2) is 50.0 Å². The molecule has 8 heteroatoms. The summed E-state index contributed by atoms with van der Waals surface area (Å²) in [4.78, 5) is 13.0. The summed E-state index contributed by atoms with van der Waals surface area (Å²) >= 11 is 2.81. The molecule has 114 valence electrons. The van der Waals surface area contributed by atoms with Crippen molar-refractivity contribution >= 4 is 29.0 Å². The number of rotatable bonds is 6. The summed E-state index contributed by atoms with van der Waals surface area (Å²) in [5.74, 6) is 0.953. The summed E-state index contributed by atoms with van der Waals surface area (Å²) in [6.07, 6.45) is 1.53. The maximum Gasteiger partial charge on any atom is 0.284 e. The molecule has 6 nitrogen and oxygen atoms in total. The van der Waals surface area contributed by atoms with Crippen LogP contribution in [0.2, 0.25) is 0 Å². The van der Waals surface area contributed by atoms with Crippen molar-refractivity contribution in [1.29, 1.82) is 0 Å². The highest BCUT2D eigenvalue weighted by molar-refractivity contribution is 7.99. The van der Waals surface area contributed by atoms with Crippen LogP contribution in [0.3, 0.4) is 0 Å². The Morgan fingerprint density at radius 3 is 3.05 bits per heavy atom. The van der Waals surface area contributed by atoms with Crippen LogP contribution in [0.4, 0.5) is 0 Å². The van der Waals surface area contributed by atoms with E-state index in [2.05, 4.69) is 15.5 Å². The van der Waals surface area contributed by atoms with Gasteiger partial charge >= 0.3 is 0 Å². The molecule has 1 N–H and O–H groups in total. The molecule has 1 atom stereocenters. The molecule has 3 aromatic heterocycles. The Hall–Kier alpha value is -2.06. The fourth-order valence-electron chi connectivity index (χ4n) is 1.79. The number of furan rings is 1. The molecule has 1 unspecified atom stereocenters. The predicted molar refractivity (Wildman–Crippen MR) is 83.6 cm³/mol. The zero-order chi connectivity index (χ0) is 15.4. The number of nitrogens with zero attached hydrogens (tertiary/aromatic N) is 2. The molecule has 0 spiro atoms. The van der Waals surface area contributed by atoms with Gasteiger partial charge in [-0.1, -0.05) is 17.8 Å². The van der Waals surface area contributed by atoms with Crippen molar-refractivity contribution in [3.05, 3.63) is 40.8 Å². The first kappa shape index (κ1) is 14.9. The minimum absolute atomic E-state index is 0.00513. The number of hydrogen-bond donors (Lipinski definition) is 1. The van der Waals surface area contributed by atoms with Crippen molar-refractivity contribution in [3.63, 3.8) is 0 Å². The normalized spacial score (nSPS) is 12.2. The Morgan fingerprint density at radius 1 is 1.41 bits per heavy atom. The predicted octanol–water partition coefficient (Wildman–Crippen LogP) is 3.36. The van der Waals surface area contributed by atoms with Crippen LogP contribution in [0.1, 0.15) is 17.8 Å². The van der Waals surface area contributed by atoms with Gasteiger partial charge in [-0.05, 0) is 30.5 Å². The fraction of sp³-hybridized carbons (Fsp3) is 0.214. The molecule has 0 fully saturated rings. The molecule has 22 heavy (non-hydrogen) atoms. The third kappa shape index (κ3) is 3.58. The zero-order valence-electron chi connectivity index (χ0n) is 11.7. The van der Waals surface area contributed by atoms with E-state index in [1.54, 1.807) is 23.5 Å². The molecule has 3 aromatic rings. The maximum absolute atomic E-state index is 11.9. The largest absolute Gasteiger partial charge is 0.459 e. The number of hydrogen-bond acceptors (Lipinski definition) is 7. The summed E-state index contributed by atoms with van der Waals surface area (Å²) in [7, 11) is 0. The van der Waals surface area contributed by atoms with Crippen LogP contribution >= 0.6 is 23.1 Å². The lowest BCUT2D eigenvalue weighted by atomic mass is 10.3. The zero-order valence-corrected chi connectivity index (χ0v) is 13.3. The van der Waals surface area contributed by atoms with Gasteiger partial charge in [0.1, 0.15) is 0 Å². The van der Waals surface area contributed by atoms with Crippen LogP contribution in [-0.2, 0) is 4.79 Å². The molecule has 0 saturated heterocycles. The van der Waals surface area contributed by atoms with E-state index in [9.17, 15) is 4.79 Å². The lowest BCUT2D eigenvalue weighted by Gasteiger charge is -2.11. The second-order valence-electron chi connectivity index (χ2n) is 4.44. The van der Waals surface area contributed by atoms with Gasteiger partial charge in [0.25, 0.3) is 11.1 Å². The van der Waals surface area contributed by atoms with E-state index in [1.165, 1.54) is 18.0 Å². The topological polar surface area (TPSA) is 81.2 Å². The number of aromatic nitrogens is 2. The highest BCUT2D eigenvalue weighted by atomic mass is 32.2. The van der Waals surface area contributed by atoms with E-state index in [0.29, 0.717) is 16.9 Å². The monoisotopic (exact) mass is 335 g/mol. The van der Waals surface area contributed by atoms with E-state index in [-0.39, 0.29) is 17.7 Å². The van der Waals surface area contributed by atoms with E-state index in [4.69, 9.17) is 8.83 Å². The van der Waals surface area contributed by atoms with Crippen molar-refractivity contribution < 1.29 is 13.6 Å². The molecule has 1 amide bonds. The third-order valence-corrected chi connectivity index (χ3v) is 4.69. The summed E-state index contributed by atoms with van der Waals surface area (Å²) in [6.45, 7) is 1.95. The lowest BCUT2D eigenvalue weighted by molar-refractivity contribution is -0.119. The number of carbonyl (C=O) groups is 1. The van der Waals surface area contributed by atoms with Gasteiger partial charge in [0.2, 0.25) is 5.91 Å². The van der Waals surface area contributed by atoms with Crippen molar-refractivity contribution in [3.8, 4) is 11.7 Å². The first-order valence-electron chi connectivity index (χ1n) is 6.55. The van der Waals surface area contributed by atoms with E-state index in [1.807, 2.05) is 24.4 Å². The van der Waals surface area contributed by atoms with Crippen molar-refractivity contribution in [2.24, 2.45) is 0 Å². The average Bonchev–Trinajstić information content (AvgIpc) is 3.25. The molecule has 3 heterocycles. The maximum atomic E-state index is 11.9. The van der Waals surface area contributed by atoms with Crippen LogP contribution in [0, 0.1) is 0 Å². The molecule has 0 aliphatic heterocycles. The molecule has 3 rings (SSSR count). The Bertz CT molecular complexity index is 722. The summed E-state index contributed by atoms with van der Waals surface area (Å²) < 4.78 is 10.6. The Balaban J connectivity index is 1.51. The number of carbonyl (C=O) groups excluding carboxylic acids is 1. The quantitative estimate of drug-likeness (QED) is 0.696. The average molecular weight is 335 g/mol. The third-order valence-electron chi connectivity index (χ3n) is 2.81. The van der Waals surface area contributed by atoms with Gasteiger partial charge in [0.15, 0.2) is 5.76 Å². The standard InChI is InChI=1S/C14H13N3O3S2/c1-9(11-5-3-7-21-11)15-12(18)8-22-14-17-16-13(20-14)10-4-2-6-19-10/h2-7,9H,8H2,1H3,(H,15,18). The van der Waals surface area contributed by atoms with Gasteiger partial charge in [-0.3, -0.25) is 4.79 Å². The Kier molecular flexibility index (Phi) is 4.59. The fourth-order valence-corrected chi connectivity index (χ4v) is 3.10. The first-order chi connectivity index (χ1) is 10.7. The van der Waals surface area contributed by atoms with E-state index >= 15 is 0 Å². The Labute approximate surface area is 134 Å². The van der Waals surface area contributed by atoms with Crippen LogP contribution in [0.5, 0.6) is 0 Å².